The Bertz CT molecular complexity index is 393. The van der Waals surface area contributed by atoms with Crippen molar-refractivity contribution >= 4 is 15.9 Å². The molecular weight excluding hydrogens is 330 g/mol. The van der Waals surface area contributed by atoms with Crippen LogP contribution in [0.25, 0.3) is 0 Å². The van der Waals surface area contributed by atoms with Gasteiger partial charge in [-0.05, 0) is 36.4 Å². The highest BCUT2D eigenvalue weighted by Gasteiger charge is 2.17. The van der Waals surface area contributed by atoms with E-state index in [9.17, 15) is 5.11 Å². The SMILES string of the molecule is CCCCCCCCC(O)c1c(Br)cnn1CCN(C)C. The molecule has 0 aliphatic heterocycles. The summed E-state index contributed by atoms with van der Waals surface area (Å²) in [7, 11) is 4.09. The molecule has 1 aromatic rings. The molecular formula is C16H30BrN3O. The van der Waals surface area contributed by atoms with Crippen LogP contribution in [0.3, 0.4) is 0 Å². The van der Waals surface area contributed by atoms with Crippen LogP contribution in [-0.4, -0.2) is 40.4 Å². The summed E-state index contributed by atoms with van der Waals surface area (Å²) in [5, 5.41) is 14.8. The lowest BCUT2D eigenvalue weighted by atomic mass is 10.1. The molecule has 1 rings (SSSR count). The minimum atomic E-state index is -0.421. The molecule has 0 bridgehead atoms. The Morgan fingerprint density at radius 3 is 2.57 bits per heavy atom. The molecule has 0 saturated heterocycles. The molecule has 1 unspecified atom stereocenters. The molecule has 1 N–H and O–H groups in total. The van der Waals surface area contributed by atoms with Crippen LogP contribution in [0, 0.1) is 0 Å². The Balaban J connectivity index is 2.41. The molecule has 0 spiro atoms. The predicted octanol–water partition coefficient (Wildman–Crippen LogP) is 3.99. The van der Waals surface area contributed by atoms with Crippen LogP contribution in [0.15, 0.2) is 10.7 Å². The van der Waals surface area contributed by atoms with E-state index in [1.54, 1.807) is 6.20 Å². The topological polar surface area (TPSA) is 41.3 Å². The molecule has 0 aromatic carbocycles. The number of likely N-dealkylation sites (N-methyl/N-ethyl adjacent to an activating group) is 1. The van der Waals surface area contributed by atoms with Gasteiger partial charge in [0.05, 0.1) is 29.0 Å². The van der Waals surface area contributed by atoms with Crippen molar-refractivity contribution in [2.24, 2.45) is 0 Å². The fraction of sp³-hybridized carbons (Fsp3) is 0.812. The first-order chi connectivity index (χ1) is 10.1. The van der Waals surface area contributed by atoms with Gasteiger partial charge in [0, 0.05) is 6.54 Å². The molecule has 0 aliphatic rings. The number of rotatable bonds is 11. The van der Waals surface area contributed by atoms with Crippen molar-refractivity contribution in [2.75, 3.05) is 20.6 Å². The molecule has 0 radical (unpaired) electrons. The minimum Gasteiger partial charge on any atom is -0.387 e. The van der Waals surface area contributed by atoms with Crippen LogP contribution in [0.5, 0.6) is 0 Å². The van der Waals surface area contributed by atoms with E-state index in [0.717, 1.165) is 36.1 Å². The predicted molar refractivity (Wildman–Crippen MR) is 91.4 cm³/mol. The second-order valence-electron chi connectivity index (χ2n) is 5.98. The van der Waals surface area contributed by atoms with Crippen molar-refractivity contribution in [3.05, 3.63) is 16.4 Å². The molecule has 1 aromatic heterocycles. The van der Waals surface area contributed by atoms with Gasteiger partial charge in [-0.1, -0.05) is 45.4 Å². The monoisotopic (exact) mass is 359 g/mol. The van der Waals surface area contributed by atoms with Gasteiger partial charge in [0.25, 0.3) is 0 Å². The summed E-state index contributed by atoms with van der Waals surface area (Å²) in [6, 6.07) is 0. The first-order valence-electron chi connectivity index (χ1n) is 8.10. The van der Waals surface area contributed by atoms with E-state index in [1.165, 1.54) is 32.1 Å². The highest BCUT2D eigenvalue weighted by Crippen LogP contribution is 2.27. The van der Waals surface area contributed by atoms with Gasteiger partial charge in [-0.2, -0.15) is 5.10 Å². The van der Waals surface area contributed by atoms with Crippen molar-refractivity contribution in [2.45, 2.75) is 64.5 Å². The fourth-order valence-corrected chi connectivity index (χ4v) is 2.99. The van der Waals surface area contributed by atoms with E-state index in [0.29, 0.717) is 0 Å². The zero-order valence-electron chi connectivity index (χ0n) is 13.7. The van der Waals surface area contributed by atoms with E-state index >= 15 is 0 Å². The number of hydrogen-bond acceptors (Lipinski definition) is 3. The van der Waals surface area contributed by atoms with Gasteiger partial charge in [-0.3, -0.25) is 4.68 Å². The maximum absolute atomic E-state index is 10.4. The van der Waals surface area contributed by atoms with Crippen molar-refractivity contribution < 1.29 is 5.11 Å². The lowest BCUT2D eigenvalue weighted by molar-refractivity contribution is 0.150. The molecule has 1 heterocycles. The van der Waals surface area contributed by atoms with Crippen molar-refractivity contribution in [1.29, 1.82) is 0 Å². The highest BCUT2D eigenvalue weighted by atomic mass is 79.9. The average molecular weight is 360 g/mol. The van der Waals surface area contributed by atoms with Gasteiger partial charge in [-0.25, -0.2) is 0 Å². The zero-order valence-corrected chi connectivity index (χ0v) is 15.3. The third-order valence-electron chi connectivity index (χ3n) is 3.74. The van der Waals surface area contributed by atoms with Crippen molar-refractivity contribution in [3.63, 3.8) is 0 Å². The lowest BCUT2D eigenvalue weighted by Crippen LogP contribution is -2.21. The summed E-state index contributed by atoms with van der Waals surface area (Å²) >= 11 is 3.51. The number of halogens is 1. The number of nitrogens with zero attached hydrogens (tertiary/aromatic N) is 3. The summed E-state index contributed by atoms with van der Waals surface area (Å²) in [5.74, 6) is 0. The summed E-state index contributed by atoms with van der Waals surface area (Å²) in [6.45, 7) is 3.96. The van der Waals surface area contributed by atoms with Crippen molar-refractivity contribution in [3.8, 4) is 0 Å². The molecule has 4 nitrogen and oxygen atoms in total. The van der Waals surface area contributed by atoms with Gasteiger partial charge in [-0.15, -0.1) is 0 Å². The molecule has 1 atom stereocenters. The number of hydrogen-bond donors (Lipinski definition) is 1. The number of aliphatic hydroxyl groups is 1. The summed E-state index contributed by atoms with van der Waals surface area (Å²) in [5.41, 5.74) is 0.922. The second-order valence-corrected chi connectivity index (χ2v) is 6.83. The average Bonchev–Trinajstić information content (AvgIpc) is 2.81. The normalized spacial score (nSPS) is 13.0. The highest BCUT2D eigenvalue weighted by molar-refractivity contribution is 9.10. The largest absolute Gasteiger partial charge is 0.387 e. The van der Waals surface area contributed by atoms with Crippen molar-refractivity contribution in [1.82, 2.24) is 14.7 Å². The number of aliphatic hydroxyl groups excluding tert-OH is 1. The molecule has 21 heavy (non-hydrogen) atoms. The summed E-state index contributed by atoms with van der Waals surface area (Å²) in [4.78, 5) is 2.12. The fourth-order valence-electron chi connectivity index (χ4n) is 2.43. The van der Waals surface area contributed by atoms with Crippen LogP contribution in [0.4, 0.5) is 0 Å². The van der Waals surface area contributed by atoms with E-state index < -0.39 is 6.10 Å². The standard InChI is InChI=1S/C16H30BrN3O/c1-4-5-6-7-8-9-10-15(21)16-14(17)13-18-20(16)12-11-19(2)3/h13,15,21H,4-12H2,1-3H3. The summed E-state index contributed by atoms with van der Waals surface area (Å²) < 4.78 is 2.84. The Labute approximate surface area is 137 Å². The molecule has 5 heteroatoms. The second kappa shape index (κ2) is 10.4. The Kier molecular flexibility index (Phi) is 9.20. The number of aromatic nitrogens is 2. The zero-order chi connectivity index (χ0) is 15.7. The maximum Gasteiger partial charge on any atom is 0.0968 e. The van der Waals surface area contributed by atoms with E-state index in [1.807, 2.05) is 18.8 Å². The quantitative estimate of drug-likeness (QED) is 0.607. The third-order valence-corrected chi connectivity index (χ3v) is 4.35. The number of unbranched alkanes of at least 4 members (excludes halogenated alkanes) is 5. The van der Waals surface area contributed by atoms with Gasteiger partial charge in [0.2, 0.25) is 0 Å². The van der Waals surface area contributed by atoms with E-state index in [2.05, 4.69) is 32.9 Å². The van der Waals surface area contributed by atoms with Crippen LogP contribution in [-0.2, 0) is 6.54 Å². The lowest BCUT2D eigenvalue weighted by Gasteiger charge is -2.16. The molecule has 0 fully saturated rings. The molecule has 0 amide bonds. The first-order valence-corrected chi connectivity index (χ1v) is 8.89. The van der Waals surface area contributed by atoms with Gasteiger partial charge < -0.3 is 10.0 Å². The van der Waals surface area contributed by atoms with Gasteiger partial charge in [0.15, 0.2) is 0 Å². The summed E-state index contributed by atoms with van der Waals surface area (Å²) in [6.07, 6.45) is 9.67. The van der Waals surface area contributed by atoms with E-state index in [4.69, 9.17) is 0 Å². The molecule has 0 saturated carbocycles. The van der Waals surface area contributed by atoms with Gasteiger partial charge in [0.1, 0.15) is 0 Å². The molecule has 122 valence electrons. The van der Waals surface area contributed by atoms with E-state index in [-0.39, 0.29) is 0 Å². The third kappa shape index (κ3) is 6.94. The van der Waals surface area contributed by atoms with Crippen LogP contribution >= 0.6 is 15.9 Å². The Morgan fingerprint density at radius 2 is 1.90 bits per heavy atom. The maximum atomic E-state index is 10.4. The van der Waals surface area contributed by atoms with Crippen LogP contribution in [0.2, 0.25) is 0 Å². The Hall–Kier alpha value is -0.390. The molecule has 0 aliphatic carbocycles. The van der Waals surface area contributed by atoms with Crippen LogP contribution in [0.1, 0.15) is 63.7 Å². The first kappa shape index (κ1) is 18.7. The Morgan fingerprint density at radius 1 is 1.24 bits per heavy atom. The van der Waals surface area contributed by atoms with Gasteiger partial charge >= 0.3 is 0 Å². The smallest absolute Gasteiger partial charge is 0.0968 e. The minimum absolute atomic E-state index is 0.421. The van der Waals surface area contributed by atoms with Crippen LogP contribution < -0.4 is 0 Å².